The summed E-state index contributed by atoms with van der Waals surface area (Å²) < 4.78 is 38.2. The van der Waals surface area contributed by atoms with Crippen molar-refractivity contribution in [1.82, 2.24) is 4.90 Å². The average Bonchev–Trinajstić information content (AvgIpc) is 2.76. The highest BCUT2D eigenvalue weighted by atomic mass is 19.4. The maximum absolute atomic E-state index is 12.7. The van der Waals surface area contributed by atoms with E-state index >= 15 is 0 Å². The van der Waals surface area contributed by atoms with E-state index in [2.05, 4.69) is 20.7 Å². The van der Waals surface area contributed by atoms with Gasteiger partial charge in [-0.25, -0.2) is 0 Å². The van der Waals surface area contributed by atoms with Gasteiger partial charge in [0.25, 0.3) is 0 Å². The minimum absolute atomic E-state index is 0.0351. The summed E-state index contributed by atoms with van der Waals surface area (Å²) in [5, 5.41) is 11.4. The molecule has 22 heavy (non-hydrogen) atoms. The summed E-state index contributed by atoms with van der Waals surface area (Å²) in [5.74, 6) is 0.459. The first-order valence-corrected chi connectivity index (χ1v) is 6.09. The molecule has 0 aromatic heterocycles. The lowest BCUT2D eigenvalue weighted by Crippen LogP contribution is -2.36. The Morgan fingerprint density at radius 3 is 2.50 bits per heavy atom. The maximum atomic E-state index is 12.7. The second kappa shape index (κ2) is 5.66. The summed E-state index contributed by atoms with van der Waals surface area (Å²) in [6.45, 7) is 5.47. The predicted octanol–water partition coefficient (Wildman–Crippen LogP) is 1.78. The van der Waals surface area contributed by atoms with Gasteiger partial charge in [0.05, 0.1) is 11.3 Å². The molecule has 0 atom stereocenters. The van der Waals surface area contributed by atoms with Crippen LogP contribution in [0.15, 0.2) is 33.5 Å². The standard InChI is InChI=1S/C13H13F3N6/c1-7-4-8(13(14,15)16)6-9(5-7)18-19-10-11(17)20-21-12(10)22(2)3/h1,4-6,18H,2-3H3,(H2,17,19,20). The van der Waals surface area contributed by atoms with Gasteiger partial charge in [0.15, 0.2) is 17.4 Å². The second-order valence-corrected chi connectivity index (χ2v) is 4.72. The number of hydrogen-bond acceptors (Lipinski definition) is 6. The molecule has 2 radical (unpaired) electrons. The summed E-state index contributed by atoms with van der Waals surface area (Å²) in [4.78, 5) is 1.63. The van der Waals surface area contributed by atoms with Gasteiger partial charge in [-0.05, 0) is 30.7 Å². The van der Waals surface area contributed by atoms with Crippen LogP contribution in [0.1, 0.15) is 11.1 Å². The van der Waals surface area contributed by atoms with Gasteiger partial charge in [-0.1, -0.05) is 0 Å². The van der Waals surface area contributed by atoms with E-state index in [4.69, 9.17) is 12.7 Å². The Kier molecular flexibility index (Phi) is 4.07. The summed E-state index contributed by atoms with van der Waals surface area (Å²) in [6.07, 6.45) is -4.50. The maximum Gasteiger partial charge on any atom is 0.416 e. The minimum atomic E-state index is -4.50. The van der Waals surface area contributed by atoms with E-state index in [0.717, 1.165) is 12.1 Å². The van der Waals surface area contributed by atoms with Crippen LogP contribution < -0.4 is 11.2 Å². The molecule has 0 aliphatic carbocycles. The molecule has 1 aromatic carbocycles. The number of nitrogens with two attached hydrogens (primary N) is 1. The topological polar surface area (TPSA) is 78.4 Å². The van der Waals surface area contributed by atoms with E-state index in [-0.39, 0.29) is 22.8 Å². The predicted molar refractivity (Wildman–Crippen MR) is 78.6 cm³/mol. The summed E-state index contributed by atoms with van der Waals surface area (Å²) in [6, 6.07) is 3.07. The number of amidine groups is 2. The largest absolute Gasteiger partial charge is 0.416 e. The fourth-order valence-electron chi connectivity index (χ4n) is 1.72. The van der Waals surface area contributed by atoms with Gasteiger partial charge in [-0.15, -0.1) is 10.2 Å². The zero-order valence-electron chi connectivity index (χ0n) is 11.8. The Hall–Kier alpha value is -2.58. The number of nitrogens with zero attached hydrogens (tertiary/aromatic N) is 4. The van der Waals surface area contributed by atoms with Crippen molar-refractivity contribution in [2.75, 3.05) is 19.5 Å². The number of rotatable bonds is 2. The van der Waals surface area contributed by atoms with E-state index in [0.29, 0.717) is 5.84 Å². The highest BCUT2D eigenvalue weighted by Gasteiger charge is 2.31. The van der Waals surface area contributed by atoms with Gasteiger partial charge in [-0.3, -0.25) is 5.43 Å². The van der Waals surface area contributed by atoms with E-state index < -0.39 is 11.7 Å². The van der Waals surface area contributed by atoms with Crippen LogP contribution >= 0.6 is 0 Å². The van der Waals surface area contributed by atoms with E-state index in [9.17, 15) is 13.2 Å². The SMILES string of the molecule is [CH]c1cc(NN=C2C(N)=NN=C2N(C)C)cc(C(F)(F)F)c1. The lowest BCUT2D eigenvalue weighted by Gasteiger charge is -2.13. The second-order valence-electron chi connectivity index (χ2n) is 4.72. The molecule has 1 heterocycles. The van der Waals surface area contributed by atoms with Crippen molar-refractivity contribution >= 4 is 23.1 Å². The van der Waals surface area contributed by atoms with Crippen molar-refractivity contribution < 1.29 is 13.2 Å². The fraction of sp³-hybridized carbons (Fsp3) is 0.231. The zero-order valence-corrected chi connectivity index (χ0v) is 11.8. The summed E-state index contributed by atoms with van der Waals surface area (Å²) >= 11 is 0. The van der Waals surface area contributed by atoms with Crippen molar-refractivity contribution in [2.45, 2.75) is 6.18 Å². The van der Waals surface area contributed by atoms with Crippen molar-refractivity contribution in [2.24, 2.45) is 21.0 Å². The van der Waals surface area contributed by atoms with E-state index in [1.54, 1.807) is 19.0 Å². The van der Waals surface area contributed by atoms with Crippen molar-refractivity contribution in [3.8, 4) is 0 Å². The third-order valence-electron chi connectivity index (χ3n) is 2.71. The summed E-state index contributed by atoms with van der Waals surface area (Å²) in [5.41, 5.74) is 7.54. The van der Waals surface area contributed by atoms with Gasteiger partial charge < -0.3 is 10.6 Å². The third-order valence-corrected chi connectivity index (χ3v) is 2.71. The van der Waals surface area contributed by atoms with Crippen molar-refractivity contribution in [1.29, 1.82) is 0 Å². The van der Waals surface area contributed by atoms with E-state index in [1.807, 2.05) is 0 Å². The van der Waals surface area contributed by atoms with Gasteiger partial charge in [-0.2, -0.15) is 18.3 Å². The first kappa shape index (κ1) is 15.8. The molecule has 0 spiro atoms. The van der Waals surface area contributed by atoms with Crippen LogP contribution in [-0.2, 0) is 6.18 Å². The molecule has 0 saturated carbocycles. The number of alkyl halides is 3. The fourth-order valence-corrected chi connectivity index (χ4v) is 1.72. The van der Waals surface area contributed by atoms with Crippen LogP contribution in [0.5, 0.6) is 0 Å². The third kappa shape index (κ3) is 3.35. The number of hydrazone groups is 1. The molecule has 1 aliphatic heterocycles. The highest BCUT2D eigenvalue weighted by molar-refractivity contribution is 6.68. The Morgan fingerprint density at radius 1 is 1.23 bits per heavy atom. The molecular formula is C13H13F3N6. The molecule has 2 rings (SSSR count). The molecule has 0 fully saturated rings. The number of benzene rings is 1. The summed E-state index contributed by atoms with van der Waals surface area (Å²) in [7, 11) is 3.43. The molecular weight excluding hydrogens is 297 g/mol. The van der Waals surface area contributed by atoms with Crippen LogP contribution in [0.25, 0.3) is 0 Å². The first-order valence-electron chi connectivity index (χ1n) is 6.09. The van der Waals surface area contributed by atoms with Crippen LogP contribution in [0.4, 0.5) is 18.9 Å². The van der Waals surface area contributed by atoms with E-state index in [1.165, 1.54) is 6.07 Å². The monoisotopic (exact) mass is 310 g/mol. The Morgan fingerprint density at radius 2 is 1.91 bits per heavy atom. The molecule has 0 unspecified atom stereocenters. The Balaban J connectivity index is 2.28. The Labute approximate surface area is 125 Å². The molecule has 0 amide bonds. The van der Waals surface area contributed by atoms with Gasteiger partial charge in [0.1, 0.15) is 0 Å². The molecule has 9 heteroatoms. The number of hydrogen-bond donors (Lipinski definition) is 2. The van der Waals surface area contributed by atoms with Crippen LogP contribution in [0.3, 0.4) is 0 Å². The van der Waals surface area contributed by atoms with Crippen LogP contribution in [0.2, 0.25) is 0 Å². The molecule has 1 aliphatic rings. The molecule has 116 valence electrons. The number of halogens is 3. The molecule has 0 saturated heterocycles. The van der Waals surface area contributed by atoms with Gasteiger partial charge >= 0.3 is 6.18 Å². The molecule has 6 nitrogen and oxygen atoms in total. The zero-order chi connectivity index (χ0) is 16.5. The normalized spacial score (nSPS) is 16.5. The Bertz CT molecular complexity index is 673. The molecule has 1 aromatic rings. The number of nitrogens with one attached hydrogen (secondary N) is 1. The molecule has 3 N–H and O–H groups in total. The van der Waals surface area contributed by atoms with Gasteiger partial charge in [0, 0.05) is 14.1 Å². The molecule has 0 bridgehead atoms. The van der Waals surface area contributed by atoms with Crippen LogP contribution in [0, 0.1) is 6.92 Å². The lowest BCUT2D eigenvalue weighted by molar-refractivity contribution is -0.137. The quantitative estimate of drug-likeness (QED) is 0.817. The minimum Gasteiger partial charge on any atom is -0.380 e. The number of anilines is 1. The van der Waals surface area contributed by atoms with Gasteiger partial charge in [0.2, 0.25) is 0 Å². The average molecular weight is 310 g/mol. The van der Waals surface area contributed by atoms with Crippen LogP contribution in [-0.4, -0.2) is 36.4 Å². The van der Waals surface area contributed by atoms with Crippen molar-refractivity contribution in [3.63, 3.8) is 0 Å². The smallest absolute Gasteiger partial charge is 0.380 e. The first-order chi connectivity index (χ1) is 10.2. The highest BCUT2D eigenvalue weighted by Crippen LogP contribution is 2.31. The lowest BCUT2D eigenvalue weighted by atomic mass is 10.1. The van der Waals surface area contributed by atoms with Crippen molar-refractivity contribution in [3.05, 3.63) is 36.2 Å².